The summed E-state index contributed by atoms with van der Waals surface area (Å²) in [4.78, 5) is 24.7. The molecule has 0 aromatic carbocycles. The maximum Gasteiger partial charge on any atom is 0.305 e. The normalized spacial score (nSPS) is 12.7. The van der Waals surface area contributed by atoms with Gasteiger partial charge >= 0.3 is 5.97 Å². The number of carbonyl (C=O) groups excluding carboxylic acids is 2. The third-order valence-electron chi connectivity index (χ3n) is 20.6. The monoisotopic (exact) mass is 1350 g/mol. The van der Waals surface area contributed by atoms with E-state index in [9.17, 15) is 19.8 Å². The Kier molecular flexibility index (Phi) is 83.3. The van der Waals surface area contributed by atoms with Crippen LogP contribution in [0.3, 0.4) is 0 Å². The summed E-state index contributed by atoms with van der Waals surface area (Å²) in [5.41, 5.74) is 0. The molecule has 0 rings (SSSR count). The fourth-order valence-electron chi connectivity index (χ4n) is 13.9. The number of unbranched alkanes of at least 4 members (excludes halogenated alkanes) is 64. The average Bonchev–Trinajstić information content (AvgIpc) is 2.81. The SMILES string of the molecule is CCCCC/C=C\C/C=C\CCCCCCCCCC(=O)OCCCCCCCCCCCCCCC/C=C\C/C=C\CCCCCCCCCCCCCCCCCCCC(=O)NC(CO)C(O)CCCCCCCCCCCCCCCCCCCCCCCCCCC. The molecular formula is C90H171NO5. The minimum Gasteiger partial charge on any atom is -0.466 e. The molecule has 6 nitrogen and oxygen atoms in total. The van der Waals surface area contributed by atoms with Gasteiger partial charge in [0, 0.05) is 12.8 Å². The number of hydrogen-bond acceptors (Lipinski definition) is 5. The van der Waals surface area contributed by atoms with E-state index in [1.54, 1.807) is 0 Å². The van der Waals surface area contributed by atoms with Crippen molar-refractivity contribution in [3.63, 3.8) is 0 Å². The second kappa shape index (κ2) is 85.2. The molecule has 0 spiro atoms. The number of esters is 1. The van der Waals surface area contributed by atoms with Crippen LogP contribution in [-0.2, 0) is 14.3 Å². The van der Waals surface area contributed by atoms with Gasteiger partial charge in [-0.2, -0.15) is 0 Å². The van der Waals surface area contributed by atoms with Crippen LogP contribution in [0.5, 0.6) is 0 Å². The van der Waals surface area contributed by atoms with Crippen molar-refractivity contribution in [2.45, 2.75) is 501 Å². The van der Waals surface area contributed by atoms with Crippen molar-refractivity contribution in [2.75, 3.05) is 13.2 Å². The number of aliphatic hydroxyl groups excluding tert-OH is 2. The van der Waals surface area contributed by atoms with E-state index in [2.05, 4.69) is 67.8 Å². The number of amides is 1. The van der Waals surface area contributed by atoms with Crippen molar-refractivity contribution < 1.29 is 24.5 Å². The van der Waals surface area contributed by atoms with Gasteiger partial charge in [-0.3, -0.25) is 9.59 Å². The first-order valence-electron chi connectivity index (χ1n) is 43.9. The van der Waals surface area contributed by atoms with Crippen LogP contribution in [0.25, 0.3) is 0 Å². The molecule has 0 aliphatic heterocycles. The van der Waals surface area contributed by atoms with E-state index in [0.717, 1.165) is 57.8 Å². The average molecular weight is 1350 g/mol. The van der Waals surface area contributed by atoms with Crippen LogP contribution < -0.4 is 5.32 Å². The summed E-state index contributed by atoms with van der Waals surface area (Å²) in [6, 6.07) is -0.542. The highest BCUT2D eigenvalue weighted by molar-refractivity contribution is 5.76. The Bertz CT molecular complexity index is 1600. The molecule has 96 heavy (non-hydrogen) atoms. The highest BCUT2D eigenvalue weighted by Gasteiger charge is 2.20. The van der Waals surface area contributed by atoms with Crippen molar-refractivity contribution in [3.8, 4) is 0 Å². The number of allylic oxidation sites excluding steroid dienone is 8. The van der Waals surface area contributed by atoms with Crippen molar-refractivity contribution in [1.29, 1.82) is 0 Å². The van der Waals surface area contributed by atoms with E-state index in [-0.39, 0.29) is 18.5 Å². The Morgan fingerprint density at radius 1 is 0.292 bits per heavy atom. The second-order valence-corrected chi connectivity index (χ2v) is 30.2. The highest BCUT2D eigenvalue weighted by Crippen LogP contribution is 2.21. The molecule has 0 bridgehead atoms. The zero-order valence-electron chi connectivity index (χ0n) is 65.1. The number of ether oxygens (including phenoxy) is 1. The van der Waals surface area contributed by atoms with E-state index in [1.807, 2.05) is 0 Å². The van der Waals surface area contributed by atoms with Gasteiger partial charge < -0.3 is 20.3 Å². The zero-order chi connectivity index (χ0) is 69.1. The summed E-state index contributed by atoms with van der Waals surface area (Å²) < 4.78 is 5.51. The summed E-state index contributed by atoms with van der Waals surface area (Å²) in [7, 11) is 0. The number of rotatable bonds is 83. The minimum absolute atomic E-state index is 0.0117. The molecule has 0 heterocycles. The third-order valence-corrected chi connectivity index (χ3v) is 20.6. The molecule has 0 aliphatic rings. The molecular weight excluding hydrogens is 1170 g/mol. The standard InChI is InChI=1S/C90H171NO5/c1-3-5-7-9-11-13-15-17-19-21-22-23-24-38-41-44-47-51-54-58-62-66-70-74-78-82-88(93)87(86-92)91-89(94)83-79-75-71-67-63-59-55-52-48-45-42-39-36-34-32-30-28-26-25-27-29-31-33-35-37-40-43-46-49-53-57-61-65-69-73-77-81-85-96-90(95)84-80-76-72-68-64-60-56-50-20-18-16-14-12-10-8-6-4-2/h12,14,18,20,25,27,31,33,87-88,92-93H,3-11,13,15-17,19,21-24,26,28-30,32,34-86H2,1-2H3,(H,91,94)/b14-12-,20-18-,27-25-,33-31-. The van der Waals surface area contributed by atoms with Gasteiger partial charge in [0.1, 0.15) is 0 Å². The number of carbonyl (C=O) groups is 2. The fraction of sp³-hybridized carbons (Fsp3) is 0.889. The molecule has 0 aromatic heterocycles. The Balaban J connectivity index is 3.36. The minimum atomic E-state index is -0.665. The number of aliphatic hydroxyl groups is 2. The molecule has 3 N–H and O–H groups in total. The van der Waals surface area contributed by atoms with E-state index in [1.165, 1.54) is 398 Å². The summed E-state index contributed by atoms with van der Waals surface area (Å²) in [5.74, 6) is -0.0146. The lowest BCUT2D eigenvalue weighted by atomic mass is 10.0. The largest absolute Gasteiger partial charge is 0.466 e. The summed E-state index contributed by atoms with van der Waals surface area (Å²) in [5, 5.41) is 23.5. The molecule has 6 heteroatoms. The molecule has 0 saturated heterocycles. The van der Waals surface area contributed by atoms with Crippen LogP contribution in [0.2, 0.25) is 0 Å². The van der Waals surface area contributed by atoms with Gasteiger partial charge in [0.05, 0.1) is 25.4 Å². The molecule has 0 saturated carbocycles. The molecule has 0 radical (unpaired) electrons. The quantitative estimate of drug-likeness (QED) is 0.0320. The molecule has 2 unspecified atom stereocenters. The van der Waals surface area contributed by atoms with Crippen molar-refractivity contribution in [3.05, 3.63) is 48.6 Å². The van der Waals surface area contributed by atoms with Gasteiger partial charge in [-0.05, 0) is 89.9 Å². The van der Waals surface area contributed by atoms with Gasteiger partial charge in [-0.15, -0.1) is 0 Å². The summed E-state index contributed by atoms with van der Waals surface area (Å²) in [6.07, 6.45) is 114. The summed E-state index contributed by atoms with van der Waals surface area (Å²) in [6.45, 7) is 4.98. The summed E-state index contributed by atoms with van der Waals surface area (Å²) >= 11 is 0. The number of hydrogen-bond donors (Lipinski definition) is 3. The molecule has 0 aliphatic carbocycles. The van der Waals surface area contributed by atoms with E-state index in [0.29, 0.717) is 25.9 Å². The lowest BCUT2D eigenvalue weighted by Gasteiger charge is -2.22. The van der Waals surface area contributed by atoms with Crippen LogP contribution in [0.1, 0.15) is 489 Å². The Morgan fingerprint density at radius 3 is 0.812 bits per heavy atom. The predicted octanol–water partition coefficient (Wildman–Crippen LogP) is 29.5. The molecule has 566 valence electrons. The first kappa shape index (κ1) is 93.8. The van der Waals surface area contributed by atoms with Gasteiger partial charge in [-0.25, -0.2) is 0 Å². The topological polar surface area (TPSA) is 95.9 Å². The maximum absolute atomic E-state index is 12.6. The van der Waals surface area contributed by atoms with Crippen LogP contribution in [0, 0.1) is 0 Å². The second-order valence-electron chi connectivity index (χ2n) is 30.2. The van der Waals surface area contributed by atoms with Crippen molar-refractivity contribution in [1.82, 2.24) is 5.32 Å². The van der Waals surface area contributed by atoms with Crippen molar-refractivity contribution in [2.24, 2.45) is 0 Å². The first-order chi connectivity index (χ1) is 47.5. The lowest BCUT2D eigenvalue weighted by molar-refractivity contribution is -0.143. The van der Waals surface area contributed by atoms with E-state index < -0.39 is 12.1 Å². The molecule has 0 fully saturated rings. The fourth-order valence-corrected chi connectivity index (χ4v) is 13.9. The van der Waals surface area contributed by atoms with Gasteiger partial charge in [0.2, 0.25) is 5.91 Å². The highest BCUT2D eigenvalue weighted by atomic mass is 16.5. The van der Waals surface area contributed by atoms with Crippen LogP contribution in [-0.4, -0.2) is 47.4 Å². The van der Waals surface area contributed by atoms with E-state index in [4.69, 9.17) is 4.74 Å². The Morgan fingerprint density at radius 2 is 0.521 bits per heavy atom. The smallest absolute Gasteiger partial charge is 0.305 e. The third kappa shape index (κ3) is 80.8. The predicted molar refractivity (Wildman–Crippen MR) is 426 cm³/mol. The molecule has 0 aromatic rings. The van der Waals surface area contributed by atoms with Crippen molar-refractivity contribution >= 4 is 11.9 Å². The Labute approximate surface area is 601 Å². The van der Waals surface area contributed by atoms with Gasteiger partial charge in [0.15, 0.2) is 0 Å². The number of nitrogens with one attached hydrogen (secondary N) is 1. The lowest BCUT2D eigenvalue weighted by Crippen LogP contribution is -2.45. The van der Waals surface area contributed by atoms with Crippen LogP contribution >= 0.6 is 0 Å². The Hall–Kier alpha value is -2.18. The van der Waals surface area contributed by atoms with Gasteiger partial charge in [-0.1, -0.05) is 435 Å². The van der Waals surface area contributed by atoms with Crippen LogP contribution in [0.15, 0.2) is 48.6 Å². The van der Waals surface area contributed by atoms with Gasteiger partial charge in [0.25, 0.3) is 0 Å². The van der Waals surface area contributed by atoms with E-state index >= 15 is 0 Å². The maximum atomic E-state index is 12.6. The molecule has 2 atom stereocenters. The molecule has 1 amide bonds. The zero-order valence-corrected chi connectivity index (χ0v) is 65.1. The van der Waals surface area contributed by atoms with Crippen LogP contribution in [0.4, 0.5) is 0 Å². The first-order valence-corrected chi connectivity index (χ1v) is 43.9.